The Morgan fingerprint density at radius 2 is 1.81 bits per heavy atom. The number of carbonyl (C=O) groups excluding carboxylic acids is 1. The van der Waals surface area contributed by atoms with Crippen molar-refractivity contribution in [1.29, 1.82) is 0 Å². The highest BCUT2D eigenvalue weighted by atomic mass is 19.1. The molecule has 0 saturated carbocycles. The van der Waals surface area contributed by atoms with Crippen LogP contribution in [0.1, 0.15) is 40.9 Å². The maximum Gasteiger partial charge on any atom is 0.255 e. The van der Waals surface area contributed by atoms with Crippen LogP contribution in [0.4, 0.5) is 4.39 Å². The SMILES string of the molecule is CC.Cc1cc(F)cc2c1C(=O)N(Cc1ccccc1)C2. The quantitative estimate of drug-likeness (QED) is 0.805. The molecule has 1 heterocycles. The lowest BCUT2D eigenvalue weighted by Gasteiger charge is -2.15. The van der Waals surface area contributed by atoms with Gasteiger partial charge < -0.3 is 4.90 Å². The lowest BCUT2D eigenvalue weighted by atomic mass is 10.0. The van der Waals surface area contributed by atoms with Crippen LogP contribution < -0.4 is 0 Å². The number of fused-ring (bicyclic) bond motifs is 1. The first-order valence-electron chi connectivity index (χ1n) is 7.27. The molecule has 110 valence electrons. The van der Waals surface area contributed by atoms with E-state index >= 15 is 0 Å². The van der Waals surface area contributed by atoms with Crippen LogP contribution in [0.25, 0.3) is 0 Å². The molecule has 0 fully saturated rings. The molecule has 3 heteroatoms. The Morgan fingerprint density at radius 1 is 1.14 bits per heavy atom. The van der Waals surface area contributed by atoms with Crippen molar-refractivity contribution in [3.8, 4) is 0 Å². The van der Waals surface area contributed by atoms with Gasteiger partial charge in [-0.25, -0.2) is 4.39 Å². The summed E-state index contributed by atoms with van der Waals surface area (Å²) in [6, 6.07) is 12.7. The predicted molar refractivity (Wildman–Crippen MR) is 82.5 cm³/mol. The summed E-state index contributed by atoms with van der Waals surface area (Å²) in [6.07, 6.45) is 0. The summed E-state index contributed by atoms with van der Waals surface area (Å²) < 4.78 is 13.4. The minimum atomic E-state index is -0.273. The molecule has 0 aromatic heterocycles. The number of aryl methyl sites for hydroxylation is 1. The molecule has 3 rings (SSSR count). The van der Waals surface area contributed by atoms with Crippen molar-refractivity contribution in [2.75, 3.05) is 0 Å². The minimum Gasteiger partial charge on any atom is -0.330 e. The zero-order chi connectivity index (χ0) is 15.4. The van der Waals surface area contributed by atoms with Crippen molar-refractivity contribution in [2.24, 2.45) is 0 Å². The van der Waals surface area contributed by atoms with Gasteiger partial charge in [0.05, 0.1) is 0 Å². The van der Waals surface area contributed by atoms with E-state index in [9.17, 15) is 9.18 Å². The molecule has 0 radical (unpaired) electrons. The highest BCUT2D eigenvalue weighted by Gasteiger charge is 2.29. The second kappa shape index (κ2) is 6.53. The van der Waals surface area contributed by atoms with Crippen LogP contribution in [0, 0.1) is 12.7 Å². The molecule has 21 heavy (non-hydrogen) atoms. The highest BCUT2D eigenvalue weighted by Crippen LogP contribution is 2.28. The van der Waals surface area contributed by atoms with Gasteiger partial charge in [-0.1, -0.05) is 44.2 Å². The van der Waals surface area contributed by atoms with Crippen molar-refractivity contribution >= 4 is 5.91 Å². The fraction of sp³-hybridized carbons (Fsp3) is 0.278. The van der Waals surface area contributed by atoms with E-state index in [1.807, 2.05) is 44.2 Å². The van der Waals surface area contributed by atoms with Crippen molar-refractivity contribution in [3.05, 3.63) is 70.5 Å². The van der Waals surface area contributed by atoms with E-state index in [-0.39, 0.29) is 11.7 Å². The molecule has 2 aromatic carbocycles. The summed E-state index contributed by atoms with van der Waals surface area (Å²) in [5, 5.41) is 0. The number of halogens is 1. The maximum atomic E-state index is 13.4. The molecule has 0 bridgehead atoms. The van der Waals surface area contributed by atoms with Crippen LogP contribution in [0.5, 0.6) is 0 Å². The summed E-state index contributed by atoms with van der Waals surface area (Å²) in [4.78, 5) is 14.1. The predicted octanol–water partition coefficient (Wildman–Crippen LogP) is 4.32. The van der Waals surface area contributed by atoms with Crippen LogP contribution in [-0.2, 0) is 13.1 Å². The Balaban J connectivity index is 0.000000774. The Bertz CT molecular complexity index is 637. The number of rotatable bonds is 2. The zero-order valence-corrected chi connectivity index (χ0v) is 12.7. The van der Waals surface area contributed by atoms with Crippen LogP contribution in [0.2, 0.25) is 0 Å². The van der Waals surface area contributed by atoms with Gasteiger partial charge in [-0.05, 0) is 35.7 Å². The first-order chi connectivity index (χ1) is 10.1. The van der Waals surface area contributed by atoms with Gasteiger partial charge in [-0.15, -0.1) is 0 Å². The van der Waals surface area contributed by atoms with Crippen LogP contribution >= 0.6 is 0 Å². The molecule has 1 aliphatic rings. The Hall–Kier alpha value is -2.16. The molecule has 0 unspecified atom stereocenters. The van der Waals surface area contributed by atoms with Crippen molar-refractivity contribution in [2.45, 2.75) is 33.9 Å². The Labute approximate surface area is 125 Å². The van der Waals surface area contributed by atoms with E-state index in [0.717, 1.165) is 16.7 Å². The third-order valence-electron chi connectivity index (χ3n) is 3.46. The Morgan fingerprint density at radius 3 is 2.48 bits per heavy atom. The summed E-state index contributed by atoms with van der Waals surface area (Å²) in [5.41, 5.74) is 3.26. The smallest absolute Gasteiger partial charge is 0.255 e. The standard InChI is InChI=1S/C16H14FNO.C2H6/c1-11-7-14(17)8-13-10-18(16(19)15(11)13)9-12-5-3-2-4-6-12;1-2/h2-8H,9-10H2,1H3;1-2H3. The Kier molecular flexibility index (Phi) is 4.73. The number of hydrogen-bond donors (Lipinski definition) is 0. The molecular weight excluding hydrogens is 265 g/mol. The molecule has 2 aromatic rings. The summed E-state index contributed by atoms with van der Waals surface area (Å²) >= 11 is 0. The molecule has 0 N–H and O–H groups in total. The van der Waals surface area contributed by atoms with Crippen LogP contribution in [0.15, 0.2) is 42.5 Å². The summed E-state index contributed by atoms with van der Waals surface area (Å²) in [7, 11) is 0. The molecule has 2 nitrogen and oxygen atoms in total. The van der Waals surface area contributed by atoms with Crippen molar-refractivity contribution in [1.82, 2.24) is 4.90 Å². The number of carbonyl (C=O) groups is 1. The average Bonchev–Trinajstić information content (AvgIpc) is 2.78. The van der Waals surface area contributed by atoms with E-state index in [4.69, 9.17) is 0 Å². The van der Waals surface area contributed by atoms with Gasteiger partial charge in [-0.3, -0.25) is 4.79 Å². The monoisotopic (exact) mass is 285 g/mol. The number of nitrogens with zero attached hydrogens (tertiary/aromatic N) is 1. The second-order valence-corrected chi connectivity index (χ2v) is 4.90. The van der Waals surface area contributed by atoms with Crippen molar-refractivity contribution in [3.63, 3.8) is 0 Å². The first kappa shape index (κ1) is 15.2. The molecule has 1 aliphatic heterocycles. The summed E-state index contributed by atoms with van der Waals surface area (Å²) in [6.45, 7) is 6.84. The largest absolute Gasteiger partial charge is 0.330 e. The number of benzene rings is 2. The van der Waals surface area contributed by atoms with Crippen molar-refractivity contribution < 1.29 is 9.18 Å². The lowest BCUT2D eigenvalue weighted by Crippen LogP contribution is -2.23. The van der Waals surface area contributed by atoms with E-state index in [0.29, 0.717) is 18.7 Å². The fourth-order valence-corrected chi connectivity index (χ4v) is 2.61. The second-order valence-electron chi connectivity index (χ2n) is 4.90. The fourth-order valence-electron chi connectivity index (χ4n) is 2.61. The number of hydrogen-bond acceptors (Lipinski definition) is 1. The topological polar surface area (TPSA) is 20.3 Å². The van der Waals surface area contributed by atoms with E-state index in [1.54, 1.807) is 11.8 Å². The van der Waals surface area contributed by atoms with Crippen LogP contribution in [0.3, 0.4) is 0 Å². The average molecular weight is 285 g/mol. The highest BCUT2D eigenvalue weighted by molar-refractivity contribution is 5.99. The number of amides is 1. The third-order valence-corrected chi connectivity index (χ3v) is 3.46. The zero-order valence-electron chi connectivity index (χ0n) is 12.7. The maximum absolute atomic E-state index is 13.4. The lowest BCUT2D eigenvalue weighted by molar-refractivity contribution is 0.0766. The van der Waals surface area contributed by atoms with Gasteiger partial charge in [0, 0.05) is 18.7 Å². The van der Waals surface area contributed by atoms with Gasteiger partial charge >= 0.3 is 0 Å². The molecular formula is C18H20FNO. The van der Waals surface area contributed by atoms with E-state index < -0.39 is 0 Å². The van der Waals surface area contributed by atoms with E-state index in [2.05, 4.69) is 0 Å². The van der Waals surface area contributed by atoms with Gasteiger partial charge in [0.2, 0.25) is 0 Å². The molecule has 0 saturated heterocycles. The minimum absolute atomic E-state index is 0.00338. The first-order valence-corrected chi connectivity index (χ1v) is 7.27. The van der Waals surface area contributed by atoms with Gasteiger partial charge in [0.25, 0.3) is 5.91 Å². The molecule has 0 aliphatic carbocycles. The van der Waals surface area contributed by atoms with Gasteiger partial charge in [0.15, 0.2) is 0 Å². The van der Waals surface area contributed by atoms with Gasteiger partial charge in [0.1, 0.15) is 5.82 Å². The van der Waals surface area contributed by atoms with Gasteiger partial charge in [-0.2, -0.15) is 0 Å². The molecule has 0 spiro atoms. The third kappa shape index (κ3) is 3.13. The normalized spacial score (nSPS) is 12.8. The van der Waals surface area contributed by atoms with Crippen LogP contribution in [-0.4, -0.2) is 10.8 Å². The molecule has 0 atom stereocenters. The van der Waals surface area contributed by atoms with E-state index in [1.165, 1.54) is 12.1 Å². The molecule has 1 amide bonds. The summed E-state index contributed by atoms with van der Waals surface area (Å²) in [5.74, 6) is -0.276.